The van der Waals surface area contributed by atoms with Crippen molar-refractivity contribution >= 4 is 18.0 Å². The summed E-state index contributed by atoms with van der Waals surface area (Å²) >= 11 is 0. The molecule has 0 aliphatic heterocycles. The number of pyridine rings is 1. The normalized spacial score (nSPS) is 10.8. The van der Waals surface area contributed by atoms with E-state index in [0.29, 0.717) is 5.56 Å². The van der Waals surface area contributed by atoms with E-state index in [9.17, 15) is 4.79 Å². The number of nitrogens with zero attached hydrogens (tertiary/aromatic N) is 3. The maximum atomic E-state index is 12.3. The first kappa shape index (κ1) is 17.7. The van der Waals surface area contributed by atoms with Gasteiger partial charge in [-0.15, -0.1) is 0 Å². The number of hydrogen-bond acceptors (Lipinski definition) is 4. The molecule has 2 rings (SSSR count). The van der Waals surface area contributed by atoms with Gasteiger partial charge in [-0.3, -0.25) is 4.98 Å². The second kappa shape index (κ2) is 8.24. The van der Waals surface area contributed by atoms with Crippen LogP contribution in [0.4, 0.5) is 5.69 Å². The number of aryl methyl sites for hydroxylation is 2. The lowest BCUT2D eigenvalue weighted by molar-refractivity contribution is 0.0471. The highest BCUT2D eigenvalue weighted by atomic mass is 16.5. The molecule has 1 heterocycles. The largest absolute Gasteiger partial charge is 0.457 e. The Hall–Kier alpha value is -2.69. The summed E-state index contributed by atoms with van der Waals surface area (Å²) in [5.74, 6) is -0.333. The molecule has 24 heavy (non-hydrogen) atoms. The first-order valence-corrected chi connectivity index (χ1v) is 7.93. The van der Waals surface area contributed by atoms with Crippen molar-refractivity contribution in [3.8, 4) is 0 Å². The Kier molecular flexibility index (Phi) is 6.07. The van der Waals surface area contributed by atoms with E-state index in [1.54, 1.807) is 18.7 Å². The fourth-order valence-electron chi connectivity index (χ4n) is 2.11. The molecule has 0 atom stereocenters. The fourth-order valence-corrected chi connectivity index (χ4v) is 2.11. The van der Waals surface area contributed by atoms with E-state index in [1.165, 1.54) is 0 Å². The Morgan fingerprint density at radius 3 is 2.79 bits per heavy atom. The molecule has 5 heteroatoms. The SMILES string of the molecule is CCN(C)C=Nc1cc(C)c(C(=O)OCc2cccnc2)cc1C. The molecule has 0 aliphatic rings. The van der Waals surface area contributed by atoms with E-state index >= 15 is 0 Å². The Balaban J connectivity index is 2.11. The van der Waals surface area contributed by atoms with Crippen LogP contribution < -0.4 is 0 Å². The number of aromatic nitrogens is 1. The quantitative estimate of drug-likeness (QED) is 0.462. The fraction of sp³-hybridized carbons (Fsp3) is 0.316. The molecule has 0 N–H and O–H groups in total. The number of rotatable bonds is 6. The Morgan fingerprint density at radius 1 is 1.33 bits per heavy atom. The van der Waals surface area contributed by atoms with E-state index < -0.39 is 0 Å². The van der Waals surface area contributed by atoms with Crippen molar-refractivity contribution in [2.45, 2.75) is 27.4 Å². The van der Waals surface area contributed by atoms with Gasteiger partial charge in [-0.2, -0.15) is 0 Å². The zero-order valence-corrected chi connectivity index (χ0v) is 14.6. The van der Waals surface area contributed by atoms with Gasteiger partial charge in [0.15, 0.2) is 0 Å². The smallest absolute Gasteiger partial charge is 0.338 e. The first-order valence-electron chi connectivity index (χ1n) is 7.93. The van der Waals surface area contributed by atoms with E-state index in [1.807, 2.05) is 50.1 Å². The van der Waals surface area contributed by atoms with Crippen LogP contribution in [0.15, 0.2) is 41.7 Å². The van der Waals surface area contributed by atoms with Crippen molar-refractivity contribution in [3.05, 3.63) is 58.9 Å². The van der Waals surface area contributed by atoms with Crippen LogP contribution in [-0.4, -0.2) is 35.8 Å². The number of carbonyl (C=O) groups is 1. The summed E-state index contributed by atoms with van der Waals surface area (Å²) in [6, 6.07) is 7.44. The number of ether oxygens (including phenoxy) is 1. The molecule has 2 aromatic rings. The molecular formula is C19H23N3O2. The minimum Gasteiger partial charge on any atom is -0.457 e. The molecule has 1 aromatic carbocycles. The van der Waals surface area contributed by atoms with Crippen molar-refractivity contribution in [2.24, 2.45) is 4.99 Å². The van der Waals surface area contributed by atoms with Crippen LogP contribution in [0.1, 0.15) is 34.0 Å². The van der Waals surface area contributed by atoms with Gasteiger partial charge in [-0.05, 0) is 50.1 Å². The summed E-state index contributed by atoms with van der Waals surface area (Å²) in [6.07, 6.45) is 5.17. The number of hydrogen-bond donors (Lipinski definition) is 0. The molecule has 0 aliphatic carbocycles. The lowest BCUT2D eigenvalue weighted by Gasteiger charge is -2.11. The van der Waals surface area contributed by atoms with Crippen molar-refractivity contribution < 1.29 is 9.53 Å². The molecule has 5 nitrogen and oxygen atoms in total. The third-order valence-corrected chi connectivity index (χ3v) is 3.75. The zero-order chi connectivity index (χ0) is 17.5. The Bertz CT molecular complexity index is 727. The van der Waals surface area contributed by atoms with Crippen LogP contribution in [0.2, 0.25) is 0 Å². The van der Waals surface area contributed by atoms with Gasteiger partial charge >= 0.3 is 5.97 Å². The summed E-state index contributed by atoms with van der Waals surface area (Å²) in [5.41, 5.74) is 4.08. The maximum absolute atomic E-state index is 12.3. The van der Waals surface area contributed by atoms with Crippen molar-refractivity contribution in [2.75, 3.05) is 13.6 Å². The second-order valence-electron chi connectivity index (χ2n) is 5.71. The van der Waals surface area contributed by atoms with Gasteiger partial charge in [-0.1, -0.05) is 6.07 Å². The molecule has 0 spiro atoms. The number of carbonyl (C=O) groups excluding carboxylic acids is 1. The molecule has 0 saturated heterocycles. The second-order valence-corrected chi connectivity index (χ2v) is 5.71. The van der Waals surface area contributed by atoms with Gasteiger partial charge in [0.2, 0.25) is 0 Å². The minimum atomic E-state index is -0.333. The molecular weight excluding hydrogens is 302 g/mol. The summed E-state index contributed by atoms with van der Waals surface area (Å²) < 4.78 is 5.38. The summed E-state index contributed by atoms with van der Waals surface area (Å²) in [7, 11) is 1.97. The van der Waals surface area contributed by atoms with Crippen molar-refractivity contribution in [1.82, 2.24) is 9.88 Å². The third kappa shape index (κ3) is 4.65. The highest BCUT2D eigenvalue weighted by Gasteiger charge is 2.13. The molecule has 0 saturated carbocycles. The molecule has 0 radical (unpaired) electrons. The Labute approximate surface area is 143 Å². The number of aliphatic imine (C=N–C) groups is 1. The average molecular weight is 325 g/mol. The predicted octanol–water partition coefficient (Wildman–Crippen LogP) is 3.67. The molecule has 126 valence electrons. The third-order valence-electron chi connectivity index (χ3n) is 3.75. The first-order chi connectivity index (χ1) is 11.5. The van der Waals surface area contributed by atoms with E-state index in [-0.39, 0.29) is 12.6 Å². The van der Waals surface area contributed by atoms with Crippen LogP contribution in [0.5, 0.6) is 0 Å². The molecule has 1 aromatic heterocycles. The van der Waals surface area contributed by atoms with Gasteiger partial charge in [0.1, 0.15) is 6.61 Å². The summed E-state index contributed by atoms with van der Waals surface area (Å²) in [5, 5.41) is 0. The highest BCUT2D eigenvalue weighted by Crippen LogP contribution is 2.24. The molecule has 0 fully saturated rings. The number of esters is 1. The van der Waals surface area contributed by atoms with Crippen LogP contribution in [0, 0.1) is 13.8 Å². The lowest BCUT2D eigenvalue weighted by Crippen LogP contribution is -2.14. The topological polar surface area (TPSA) is 54.8 Å². The van der Waals surface area contributed by atoms with E-state index in [4.69, 9.17) is 4.74 Å². The van der Waals surface area contributed by atoms with Crippen LogP contribution in [0.3, 0.4) is 0 Å². The summed E-state index contributed by atoms with van der Waals surface area (Å²) in [4.78, 5) is 22.8. The maximum Gasteiger partial charge on any atom is 0.338 e. The van der Waals surface area contributed by atoms with Gasteiger partial charge in [0.05, 0.1) is 17.6 Å². The monoisotopic (exact) mass is 325 g/mol. The number of benzene rings is 1. The molecule has 0 unspecified atom stereocenters. The van der Waals surface area contributed by atoms with Crippen molar-refractivity contribution in [1.29, 1.82) is 0 Å². The van der Waals surface area contributed by atoms with Crippen LogP contribution >= 0.6 is 0 Å². The predicted molar refractivity (Wildman–Crippen MR) is 95.7 cm³/mol. The lowest BCUT2D eigenvalue weighted by atomic mass is 10.0. The zero-order valence-electron chi connectivity index (χ0n) is 14.6. The Morgan fingerprint density at radius 2 is 2.12 bits per heavy atom. The standard InChI is InChI=1S/C19H23N3O2/c1-5-22(4)13-21-18-10-14(2)17(9-15(18)3)19(23)24-12-16-7-6-8-20-11-16/h6-11,13H,5,12H2,1-4H3. The van der Waals surface area contributed by atoms with Gasteiger partial charge in [0.25, 0.3) is 0 Å². The minimum absolute atomic E-state index is 0.215. The van der Waals surface area contributed by atoms with Gasteiger partial charge in [-0.25, -0.2) is 9.79 Å². The average Bonchev–Trinajstić information content (AvgIpc) is 2.60. The molecule has 0 amide bonds. The van der Waals surface area contributed by atoms with Gasteiger partial charge < -0.3 is 9.64 Å². The highest BCUT2D eigenvalue weighted by molar-refractivity contribution is 5.92. The van der Waals surface area contributed by atoms with E-state index in [2.05, 4.69) is 16.9 Å². The van der Waals surface area contributed by atoms with E-state index in [0.717, 1.165) is 28.9 Å². The van der Waals surface area contributed by atoms with Crippen LogP contribution in [-0.2, 0) is 11.3 Å². The summed E-state index contributed by atoms with van der Waals surface area (Å²) in [6.45, 7) is 7.00. The van der Waals surface area contributed by atoms with Crippen LogP contribution in [0.25, 0.3) is 0 Å². The van der Waals surface area contributed by atoms with Gasteiger partial charge in [0, 0.05) is 31.5 Å². The van der Waals surface area contributed by atoms with Crippen molar-refractivity contribution in [3.63, 3.8) is 0 Å². The molecule has 0 bridgehead atoms.